The molecule has 0 spiro atoms. The molecule has 0 aliphatic heterocycles. The molecular weight excluding hydrogens is 319 g/mol. The number of nitrogen functional groups attached to an aromatic ring is 1. The van der Waals surface area contributed by atoms with Gasteiger partial charge in [-0.25, -0.2) is 10.4 Å². The van der Waals surface area contributed by atoms with Crippen LogP contribution in [0.4, 0.5) is 5.13 Å². The lowest BCUT2D eigenvalue weighted by Crippen LogP contribution is -2.17. The van der Waals surface area contributed by atoms with Crippen LogP contribution in [0.25, 0.3) is 0 Å². The van der Waals surface area contributed by atoms with Gasteiger partial charge in [0.05, 0.1) is 16.9 Å². The summed E-state index contributed by atoms with van der Waals surface area (Å²) in [6, 6.07) is 4.99. The Hall–Kier alpha value is -1.63. The van der Waals surface area contributed by atoms with E-state index in [0.29, 0.717) is 31.3 Å². The second-order valence-corrected chi connectivity index (χ2v) is 5.71. The van der Waals surface area contributed by atoms with Crippen molar-refractivity contribution in [3.05, 3.63) is 44.4 Å². The molecule has 0 radical (unpaired) electrons. The summed E-state index contributed by atoms with van der Waals surface area (Å²) in [6.07, 6.45) is 1.44. The van der Waals surface area contributed by atoms with E-state index in [4.69, 9.17) is 28.9 Å². The quantitative estimate of drug-likeness (QED) is 0.671. The maximum atomic E-state index is 11.8. The van der Waals surface area contributed by atoms with Crippen molar-refractivity contribution >= 4 is 51.8 Å². The molecule has 20 heavy (non-hydrogen) atoms. The fraction of sp³-hybridized carbons (Fsp3) is 0.0833. The smallest absolute Gasteiger partial charge is 0.283 e. The fourth-order valence-electron chi connectivity index (χ4n) is 1.45. The van der Waals surface area contributed by atoms with Gasteiger partial charge in [-0.15, -0.1) is 0 Å². The van der Waals surface area contributed by atoms with E-state index >= 15 is 0 Å². The predicted octanol–water partition coefficient (Wildman–Crippen LogP) is 3.10. The number of halogens is 2. The first-order chi connectivity index (χ1) is 9.47. The highest BCUT2D eigenvalue weighted by molar-refractivity contribution is 7.17. The van der Waals surface area contributed by atoms with Crippen molar-refractivity contribution in [2.24, 2.45) is 5.10 Å². The van der Waals surface area contributed by atoms with E-state index in [0.717, 1.165) is 11.3 Å². The number of anilines is 1. The SMILES string of the molecule is Cc1nc(N)sc1C(=O)NN=Cc1ccc(Cl)cc1Cl. The number of nitrogens with zero attached hydrogens (tertiary/aromatic N) is 2. The van der Waals surface area contributed by atoms with Crippen LogP contribution in [-0.4, -0.2) is 17.1 Å². The molecule has 2 rings (SSSR count). The van der Waals surface area contributed by atoms with Gasteiger partial charge >= 0.3 is 0 Å². The maximum Gasteiger partial charge on any atom is 0.283 e. The Kier molecular flexibility index (Phi) is 4.59. The van der Waals surface area contributed by atoms with Crippen LogP contribution in [0.5, 0.6) is 0 Å². The van der Waals surface area contributed by atoms with Gasteiger partial charge < -0.3 is 5.73 Å². The first kappa shape index (κ1) is 14.8. The summed E-state index contributed by atoms with van der Waals surface area (Å²) in [5, 5.41) is 5.18. The van der Waals surface area contributed by atoms with Crippen molar-refractivity contribution in [3.8, 4) is 0 Å². The average molecular weight is 329 g/mol. The standard InChI is InChI=1S/C12H10Cl2N4OS/c1-6-10(20-12(15)17-6)11(19)18-16-5-7-2-3-8(13)4-9(7)14/h2-5H,1H3,(H2,15,17)(H,18,19). The second kappa shape index (κ2) is 6.21. The number of aromatic nitrogens is 1. The summed E-state index contributed by atoms with van der Waals surface area (Å²) in [5.41, 5.74) is 9.15. The van der Waals surface area contributed by atoms with Crippen molar-refractivity contribution in [2.45, 2.75) is 6.92 Å². The van der Waals surface area contributed by atoms with Crippen LogP contribution in [0, 0.1) is 6.92 Å². The summed E-state index contributed by atoms with van der Waals surface area (Å²) in [5.74, 6) is -0.363. The van der Waals surface area contributed by atoms with E-state index in [2.05, 4.69) is 15.5 Å². The van der Waals surface area contributed by atoms with Gasteiger partial charge in [-0.1, -0.05) is 40.6 Å². The van der Waals surface area contributed by atoms with Gasteiger partial charge in [-0.05, 0) is 19.1 Å². The second-order valence-electron chi connectivity index (χ2n) is 3.83. The molecule has 5 nitrogen and oxygen atoms in total. The highest BCUT2D eigenvalue weighted by atomic mass is 35.5. The molecule has 2 aromatic rings. The number of rotatable bonds is 3. The summed E-state index contributed by atoms with van der Waals surface area (Å²) in [4.78, 5) is 16.2. The average Bonchev–Trinajstić information content (AvgIpc) is 2.71. The van der Waals surface area contributed by atoms with Crippen LogP contribution in [0.15, 0.2) is 23.3 Å². The third-order valence-corrected chi connectivity index (χ3v) is 3.90. The normalized spacial score (nSPS) is 10.9. The highest BCUT2D eigenvalue weighted by Crippen LogP contribution is 2.20. The Labute approximate surface area is 129 Å². The molecule has 1 aromatic carbocycles. The van der Waals surface area contributed by atoms with Crippen LogP contribution in [-0.2, 0) is 0 Å². The van der Waals surface area contributed by atoms with Gasteiger partial charge in [0.15, 0.2) is 5.13 Å². The molecular formula is C12H10Cl2N4OS. The van der Waals surface area contributed by atoms with Crippen LogP contribution in [0.3, 0.4) is 0 Å². The molecule has 0 atom stereocenters. The molecule has 3 N–H and O–H groups in total. The van der Waals surface area contributed by atoms with E-state index in [-0.39, 0.29) is 5.91 Å². The van der Waals surface area contributed by atoms with Crippen molar-refractivity contribution in [2.75, 3.05) is 5.73 Å². The number of hydrogen-bond donors (Lipinski definition) is 2. The zero-order chi connectivity index (χ0) is 14.7. The van der Waals surface area contributed by atoms with Crippen LogP contribution in [0.1, 0.15) is 20.9 Å². The largest absolute Gasteiger partial charge is 0.375 e. The van der Waals surface area contributed by atoms with Gasteiger partial charge in [0.25, 0.3) is 5.91 Å². The lowest BCUT2D eigenvalue weighted by atomic mass is 10.2. The van der Waals surface area contributed by atoms with Gasteiger partial charge in [-0.2, -0.15) is 5.10 Å². The monoisotopic (exact) mass is 328 g/mol. The third-order valence-electron chi connectivity index (χ3n) is 2.35. The van der Waals surface area contributed by atoms with E-state index in [1.165, 1.54) is 6.21 Å². The molecule has 0 bridgehead atoms. The summed E-state index contributed by atoms with van der Waals surface area (Å²) >= 11 is 12.9. The van der Waals surface area contributed by atoms with E-state index < -0.39 is 0 Å². The maximum absolute atomic E-state index is 11.8. The number of thiazole rings is 1. The van der Waals surface area contributed by atoms with E-state index in [1.807, 2.05) is 0 Å². The number of carbonyl (C=O) groups excluding carboxylic acids is 1. The Morgan fingerprint density at radius 1 is 1.50 bits per heavy atom. The number of aryl methyl sites for hydroxylation is 1. The molecule has 0 saturated carbocycles. The third kappa shape index (κ3) is 3.47. The number of benzene rings is 1. The molecule has 1 amide bonds. The highest BCUT2D eigenvalue weighted by Gasteiger charge is 2.13. The van der Waals surface area contributed by atoms with Crippen LogP contribution in [0.2, 0.25) is 10.0 Å². The van der Waals surface area contributed by atoms with Crippen molar-refractivity contribution in [1.29, 1.82) is 0 Å². The van der Waals surface area contributed by atoms with Gasteiger partial charge in [0, 0.05) is 10.6 Å². The van der Waals surface area contributed by atoms with Crippen LogP contribution >= 0.6 is 34.5 Å². The van der Waals surface area contributed by atoms with Crippen molar-refractivity contribution in [3.63, 3.8) is 0 Å². The lowest BCUT2D eigenvalue weighted by Gasteiger charge is -1.99. The fourth-order valence-corrected chi connectivity index (χ4v) is 2.63. The number of hydrazone groups is 1. The van der Waals surface area contributed by atoms with Gasteiger partial charge in [0.2, 0.25) is 0 Å². The molecule has 0 aliphatic rings. The van der Waals surface area contributed by atoms with Crippen LogP contribution < -0.4 is 11.2 Å². The molecule has 0 aliphatic carbocycles. The minimum absolute atomic E-state index is 0.345. The Morgan fingerprint density at radius 2 is 2.25 bits per heavy atom. The minimum Gasteiger partial charge on any atom is -0.375 e. The van der Waals surface area contributed by atoms with Gasteiger partial charge in [-0.3, -0.25) is 4.79 Å². The molecule has 1 aromatic heterocycles. The molecule has 0 fully saturated rings. The first-order valence-corrected chi connectivity index (χ1v) is 7.06. The van der Waals surface area contributed by atoms with Gasteiger partial charge in [0.1, 0.15) is 4.88 Å². The Morgan fingerprint density at radius 3 is 2.85 bits per heavy atom. The van der Waals surface area contributed by atoms with E-state index in [1.54, 1.807) is 25.1 Å². The summed E-state index contributed by atoms with van der Waals surface area (Å²) in [6.45, 7) is 1.71. The summed E-state index contributed by atoms with van der Waals surface area (Å²) < 4.78 is 0. The number of carbonyl (C=O) groups is 1. The number of hydrogen-bond acceptors (Lipinski definition) is 5. The first-order valence-electron chi connectivity index (χ1n) is 5.48. The summed E-state index contributed by atoms with van der Waals surface area (Å²) in [7, 11) is 0. The van der Waals surface area contributed by atoms with Crippen molar-refractivity contribution in [1.82, 2.24) is 10.4 Å². The number of nitrogens with two attached hydrogens (primary N) is 1. The zero-order valence-corrected chi connectivity index (χ0v) is 12.7. The molecule has 104 valence electrons. The van der Waals surface area contributed by atoms with E-state index in [9.17, 15) is 4.79 Å². The van der Waals surface area contributed by atoms with Crippen molar-refractivity contribution < 1.29 is 4.79 Å². The molecule has 1 heterocycles. The Bertz CT molecular complexity index is 684. The molecule has 0 unspecified atom stereocenters. The minimum atomic E-state index is -0.363. The molecule has 0 saturated heterocycles. The Balaban J connectivity index is 2.06. The number of nitrogens with one attached hydrogen (secondary N) is 1. The lowest BCUT2D eigenvalue weighted by molar-refractivity contribution is 0.0958. The zero-order valence-electron chi connectivity index (χ0n) is 10.4. The number of amides is 1. The predicted molar refractivity (Wildman–Crippen MR) is 82.8 cm³/mol. The topological polar surface area (TPSA) is 80.4 Å². The molecule has 8 heteroatoms.